The van der Waals surface area contributed by atoms with Gasteiger partial charge in [0.2, 0.25) is 0 Å². The second-order valence-electron chi connectivity index (χ2n) is 18.0. The van der Waals surface area contributed by atoms with Gasteiger partial charge in [0, 0.05) is 28.1 Å². The van der Waals surface area contributed by atoms with Crippen molar-refractivity contribution in [2.24, 2.45) is 0 Å². The normalized spacial score (nSPS) is 14.4. The number of nitrogens with zero attached hydrogens (tertiary/aromatic N) is 1. The van der Waals surface area contributed by atoms with E-state index in [1.165, 1.54) is 61.2 Å². The van der Waals surface area contributed by atoms with E-state index < -0.39 is 10.8 Å². The lowest BCUT2D eigenvalue weighted by atomic mass is 9.66. The van der Waals surface area contributed by atoms with Crippen LogP contribution in [0.15, 0.2) is 218 Å². The lowest BCUT2D eigenvalue weighted by molar-refractivity contribution is 0.436. The first-order valence-corrected chi connectivity index (χ1v) is 21.8. The minimum Gasteiger partial charge on any atom is -0.457 e. The van der Waals surface area contributed by atoms with Crippen LogP contribution in [0.25, 0.3) is 22.3 Å². The van der Waals surface area contributed by atoms with Gasteiger partial charge in [-0.15, -0.1) is 0 Å². The zero-order valence-corrected chi connectivity index (χ0v) is 35.1. The van der Waals surface area contributed by atoms with Crippen molar-refractivity contribution >= 4 is 17.1 Å². The summed E-state index contributed by atoms with van der Waals surface area (Å²) < 4.78 is 6.70. The molecule has 12 rings (SSSR count). The van der Waals surface area contributed by atoms with E-state index in [2.05, 4.69) is 244 Å². The predicted octanol–water partition coefficient (Wildman–Crippen LogP) is 15.3. The predicted molar refractivity (Wildman–Crippen MR) is 255 cm³/mol. The Bertz CT molecular complexity index is 3110. The SMILES string of the molecule is CC(C)(C)c1ccc(N(c2ccc3c(c2)C(c2ccccc2)(c2ccccc2)c2ccccc2-3)c2cccc3c2-c2ccccc2C32c3ccccc3Oc3ccccc32)cc1. The molecule has 0 unspecified atom stereocenters. The van der Waals surface area contributed by atoms with Gasteiger partial charge in [-0.1, -0.05) is 197 Å². The molecule has 2 heteroatoms. The van der Waals surface area contributed by atoms with Crippen molar-refractivity contribution in [1.82, 2.24) is 0 Å². The maximum atomic E-state index is 6.70. The highest BCUT2D eigenvalue weighted by atomic mass is 16.5. The molecule has 1 spiro atoms. The van der Waals surface area contributed by atoms with Crippen LogP contribution in [0.2, 0.25) is 0 Å². The molecule has 0 aromatic heterocycles. The van der Waals surface area contributed by atoms with Crippen LogP contribution in [0.4, 0.5) is 17.1 Å². The summed E-state index contributed by atoms with van der Waals surface area (Å²) in [5, 5.41) is 0. The summed E-state index contributed by atoms with van der Waals surface area (Å²) in [5.41, 5.74) is 18.5. The zero-order valence-electron chi connectivity index (χ0n) is 35.1. The number of anilines is 3. The molecule has 0 N–H and O–H groups in total. The second-order valence-corrected chi connectivity index (χ2v) is 18.0. The first kappa shape index (κ1) is 36.4. The molecule has 0 amide bonds. The molecule has 0 saturated heterocycles. The summed E-state index contributed by atoms with van der Waals surface area (Å²) in [6.45, 7) is 6.86. The highest BCUT2D eigenvalue weighted by Crippen LogP contribution is 2.64. The molecule has 0 bridgehead atoms. The van der Waals surface area contributed by atoms with Crippen LogP contribution in [0.3, 0.4) is 0 Å². The van der Waals surface area contributed by atoms with E-state index in [-0.39, 0.29) is 5.41 Å². The number of para-hydroxylation sites is 2. The molecule has 9 aromatic carbocycles. The molecule has 3 aliphatic rings. The lowest BCUT2D eigenvalue weighted by Crippen LogP contribution is -2.32. The van der Waals surface area contributed by atoms with E-state index >= 15 is 0 Å². The summed E-state index contributed by atoms with van der Waals surface area (Å²) in [6, 6.07) is 80.9. The fraction of sp³-hybridized carbons (Fsp3) is 0.100. The molecular formula is C60H45NO. The van der Waals surface area contributed by atoms with Crippen molar-refractivity contribution in [3.63, 3.8) is 0 Å². The summed E-state index contributed by atoms with van der Waals surface area (Å²) >= 11 is 0. The zero-order chi connectivity index (χ0) is 41.6. The molecule has 0 fully saturated rings. The molecule has 1 heterocycles. The summed E-state index contributed by atoms with van der Waals surface area (Å²) in [4.78, 5) is 2.52. The van der Waals surface area contributed by atoms with Crippen LogP contribution in [0.1, 0.15) is 70.8 Å². The van der Waals surface area contributed by atoms with Gasteiger partial charge < -0.3 is 9.64 Å². The van der Waals surface area contributed by atoms with E-state index in [0.717, 1.165) is 39.7 Å². The number of benzene rings is 9. The lowest BCUT2D eigenvalue weighted by Gasteiger charge is -2.39. The van der Waals surface area contributed by atoms with E-state index in [1.54, 1.807) is 0 Å². The number of hydrogen-bond donors (Lipinski definition) is 0. The van der Waals surface area contributed by atoms with Gasteiger partial charge in [-0.05, 0) is 104 Å². The van der Waals surface area contributed by atoms with Gasteiger partial charge in [0.1, 0.15) is 11.5 Å². The number of hydrogen-bond acceptors (Lipinski definition) is 2. The average Bonchev–Trinajstić information content (AvgIpc) is 3.78. The quantitative estimate of drug-likeness (QED) is 0.172. The topological polar surface area (TPSA) is 12.5 Å². The molecule has 2 aliphatic carbocycles. The van der Waals surface area contributed by atoms with Gasteiger partial charge in [-0.25, -0.2) is 0 Å². The van der Waals surface area contributed by atoms with E-state index in [9.17, 15) is 0 Å². The van der Waals surface area contributed by atoms with Crippen molar-refractivity contribution in [2.45, 2.75) is 37.0 Å². The molecule has 0 saturated carbocycles. The van der Waals surface area contributed by atoms with Crippen molar-refractivity contribution in [3.05, 3.63) is 268 Å². The van der Waals surface area contributed by atoms with E-state index in [0.29, 0.717) is 0 Å². The Morgan fingerprint density at radius 3 is 1.47 bits per heavy atom. The average molecular weight is 796 g/mol. The van der Waals surface area contributed by atoms with Gasteiger partial charge >= 0.3 is 0 Å². The van der Waals surface area contributed by atoms with Gasteiger partial charge in [0.15, 0.2) is 0 Å². The largest absolute Gasteiger partial charge is 0.457 e. The molecule has 296 valence electrons. The first-order chi connectivity index (χ1) is 30.4. The molecule has 0 atom stereocenters. The summed E-state index contributed by atoms with van der Waals surface area (Å²) in [5.74, 6) is 1.79. The standard InChI is InChI=1S/C60H45NO/c1-58(2,3)40-33-35-43(36-34-40)61(44-37-38-46-45-23-10-12-25-48(45)59(53(46)39-44,41-19-6-4-7-20-41)42-21-8-5-9-22-42)54-30-18-29-52-57(54)47-24-11-13-26-49(47)60(52)50-27-14-16-31-55(50)62-56-32-17-15-28-51(56)60/h4-39H,1-3H3. The van der Waals surface area contributed by atoms with Crippen molar-refractivity contribution in [2.75, 3.05) is 4.90 Å². The van der Waals surface area contributed by atoms with Crippen LogP contribution in [-0.4, -0.2) is 0 Å². The smallest absolute Gasteiger partial charge is 0.132 e. The van der Waals surface area contributed by atoms with Crippen molar-refractivity contribution < 1.29 is 4.74 Å². The Kier molecular flexibility index (Phi) is 7.96. The Morgan fingerprint density at radius 2 is 0.855 bits per heavy atom. The van der Waals surface area contributed by atoms with Gasteiger partial charge in [-0.3, -0.25) is 0 Å². The Balaban J connectivity index is 1.17. The molecule has 1 aliphatic heterocycles. The third kappa shape index (κ3) is 4.98. The highest BCUT2D eigenvalue weighted by Gasteiger charge is 2.52. The number of fused-ring (bicyclic) bond motifs is 12. The van der Waals surface area contributed by atoms with Gasteiger partial charge in [-0.2, -0.15) is 0 Å². The van der Waals surface area contributed by atoms with Gasteiger partial charge in [0.25, 0.3) is 0 Å². The van der Waals surface area contributed by atoms with E-state index in [1.807, 2.05) is 0 Å². The van der Waals surface area contributed by atoms with Crippen LogP contribution >= 0.6 is 0 Å². The highest BCUT2D eigenvalue weighted by molar-refractivity contribution is 5.99. The Hall–Kier alpha value is -7.42. The van der Waals surface area contributed by atoms with Crippen LogP contribution in [-0.2, 0) is 16.2 Å². The maximum Gasteiger partial charge on any atom is 0.132 e. The Morgan fingerprint density at radius 1 is 0.371 bits per heavy atom. The number of ether oxygens (including phenoxy) is 1. The van der Waals surface area contributed by atoms with Crippen LogP contribution < -0.4 is 9.64 Å². The van der Waals surface area contributed by atoms with Crippen molar-refractivity contribution in [3.8, 4) is 33.8 Å². The maximum absolute atomic E-state index is 6.70. The summed E-state index contributed by atoms with van der Waals surface area (Å²) in [7, 11) is 0. The molecular weight excluding hydrogens is 751 g/mol. The molecule has 2 nitrogen and oxygen atoms in total. The third-order valence-corrected chi connectivity index (χ3v) is 13.8. The molecule has 0 radical (unpaired) electrons. The first-order valence-electron chi connectivity index (χ1n) is 21.8. The second kappa shape index (κ2) is 13.5. The third-order valence-electron chi connectivity index (χ3n) is 13.8. The fourth-order valence-electron chi connectivity index (χ4n) is 11.2. The minimum absolute atomic E-state index is 0.0107. The Labute approximate surface area is 364 Å². The number of rotatable bonds is 5. The monoisotopic (exact) mass is 795 g/mol. The molecule has 9 aromatic rings. The molecule has 62 heavy (non-hydrogen) atoms. The van der Waals surface area contributed by atoms with E-state index in [4.69, 9.17) is 4.74 Å². The fourth-order valence-corrected chi connectivity index (χ4v) is 11.2. The van der Waals surface area contributed by atoms with Gasteiger partial charge in [0.05, 0.1) is 16.5 Å². The van der Waals surface area contributed by atoms with Crippen molar-refractivity contribution in [1.29, 1.82) is 0 Å². The van der Waals surface area contributed by atoms with Crippen LogP contribution in [0.5, 0.6) is 11.5 Å². The summed E-state index contributed by atoms with van der Waals surface area (Å²) in [6.07, 6.45) is 0. The van der Waals surface area contributed by atoms with Crippen LogP contribution in [0, 0.1) is 0 Å². The minimum atomic E-state index is -0.579.